The van der Waals surface area contributed by atoms with Gasteiger partial charge >= 0.3 is 0 Å². The van der Waals surface area contributed by atoms with E-state index in [1.807, 2.05) is 18.2 Å². The Morgan fingerprint density at radius 2 is 2.12 bits per heavy atom. The molecule has 121 valence electrons. The Labute approximate surface area is 139 Å². The largest absolute Gasteiger partial charge is 0.329 e. The number of pyridine rings is 1. The van der Waals surface area contributed by atoms with E-state index in [4.69, 9.17) is 5.73 Å². The van der Waals surface area contributed by atoms with Crippen LogP contribution in [0.25, 0.3) is 10.8 Å². The number of nitrogens with one attached hydrogen (secondary N) is 1. The van der Waals surface area contributed by atoms with Gasteiger partial charge in [0, 0.05) is 30.0 Å². The molecule has 0 aliphatic rings. The van der Waals surface area contributed by atoms with Gasteiger partial charge in [-0.25, -0.2) is 4.39 Å². The van der Waals surface area contributed by atoms with Crippen molar-refractivity contribution in [3.63, 3.8) is 0 Å². The fourth-order valence-electron chi connectivity index (χ4n) is 2.65. The SMILES string of the molecule is Cc1[c]c(C(CN)C(=O)Nc2ccc3cnccc3c2)cc(F)c1. The Balaban J connectivity index is 1.85. The first kappa shape index (κ1) is 16.1. The number of carbonyl (C=O) groups excluding carboxylic acids is 1. The van der Waals surface area contributed by atoms with E-state index < -0.39 is 11.7 Å². The molecular formula is C19H17FN3O. The lowest BCUT2D eigenvalue weighted by atomic mass is 9.96. The summed E-state index contributed by atoms with van der Waals surface area (Å²) < 4.78 is 13.6. The predicted octanol–water partition coefficient (Wildman–Crippen LogP) is 3.16. The molecule has 4 nitrogen and oxygen atoms in total. The number of aryl methyl sites for hydroxylation is 1. The summed E-state index contributed by atoms with van der Waals surface area (Å²) in [4.78, 5) is 16.6. The van der Waals surface area contributed by atoms with Gasteiger partial charge in [0.1, 0.15) is 5.82 Å². The third-order valence-electron chi connectivity index (χ3n) is 3.83. The summed E-state index contributed by atoms with van der Waals surface area (Å²) in [5.41, 5.74) is 7.49. The lowest BCUT2D eigenvalue weighted by Crippen LogP contribution is -2.27. The number of amides is 1. The van der Waals surface area contributed by atoms with Crippen molar-refractivity contribution in [1.82, 2.24) is 4.98 Å². The van der Waals surface area contributed by atoms with E-state index in [-0.39, 0.29) is 12.5 Å². The summed E-state index contributed by atoms with van der Waals surface area (Å²) in [6.07, 6.45) is 3.45. The Morgan fingerprint density at radius 3 is 2.88 bits per heavy atom. The first-order valence-electron chi connectivity index (χ1n) is 7.61. The van der Waals surface area contributed by atoms with Crippen LogP contribution in [0.3, 0.4) is 0 Å². The van der Waals surface area contributed by atoms with Crippen LogP contribution in [0.4, 0.5) is 10.1 Å². The molecule has 0 aliphatic carbocycles. The van der Waals surface area contributed by atoms with Crippen molar-refractivity contribution in [3.05, 3.63) is 71.8 Å². The monoisotopic (exact) mass is 322 g/mol. The Hall–Kier alpha value is -2.79. The highest BCUT2D eigenvalue weighted by atomic mass is 19.1. The Bertz CT molecular complexity index is 874. The molecule has 0 aliphatic heterocycles. The van der Waals surface area contributed by atoms with Gasteiger partial charge in [-0.05, 0) is 59.8 Å². The molecule has 5 heteroatoms. The number of aromatic nitrogens is 1. The number of rotatable bonds is 4. The number of carbonyl (C=O) groups is 1. The van der Waals surface area contributed by atoms with Crippen LogP contribution >= 0.6 is 0 Å². The van der Waals surface area contributed by atoms with Crippen molar-refractivity contribution < 1.29 is 9.18 Å². The molecule has 2 aromatic carbocycles. The average Bonchev–Trinajstić information content (AvgIpc) is 2.54. The second-order valence-electron chi connectivity index (χ2n) is 5.65. The van der Waals surface area contributed by atoms with Crippen molar-refractivity contribution in [3.8, 4) is 0 Å². The van der Waals surface area contributed by atoms with Crippen molar-refractivity contribution >= 4 is 22.4 Å². The molecule has 3 rings (SSSR count). The number of fused-ring (bicyclic) bond motifs is 1. The van der Waals surface area contributed by atoms with Crippen LogP contribution in [0.5, 0.6) is 0 Å². The number of benzene rings is 2. The zero-order valence-corrected chi connectivity index (χ0v) is 13.2. The molecule has 0 bridgehead atoms. The maximum Gasteiger partial charge on any atom is 0.233 e. The van der Waals surface area contributed by atoms with Gasteiger partial charge in [-0.1, -0.05) is 6.07 Å². The van der Waals surface area contributed by atoms with E-state index >= 15 is 0 Å². The number of halogens is 1. The van der Waals surface area contributed by atoms with Crippen molar-refractivity contribution in [2.24, 2.45) is 5.73 Å². The van der Waals surface area contributed by atoms with Gasteiger partial charge in [0.15, 0.2) is 0 Å². The number of anilines is 1. The van der Waals surface area contributed by atoms with Crippen LogP contribution in [0.15, 0.2) is 48.8 Å². The summed E-state index contributed by atoms with van der Waals surface area (Å²) in [5, 5.41) is 4.80. The molecule has 0 spiro atoms. The van der Waals surface area contributed by atoms with E-state index in [9.17, 15) is 9.18 Å². The standard InChI is InChI=1S/C19H17FN3O/c1-12-6-15(8-16(20)7-12)18(10-21)19(24)23-17-3-2-14-11-22-5-4-13(14)9-17/h2-5,7-9,11,18H,10,21H2,1H3,(H,23,24). The smallest absolute Gasteiger partial charge is 0.233 e. The summed E-state index contributed by atoms with van der Waals surface area (Å²) in [6, 6.07) is 13.1. The highest BCUT2D eigenvalue weighted by Gasteiger charge is 2.20. The lowest BCUT2D eigenvalue weighted by molar-refractivity contribution is -0.117. The minimum absolute atomic E-state index is 0.0722. The van der Waals surface area contributed by atoms with E-state index in [1.54, 1.807) is 25.4 Å². The minimum Gasteiger partial charge on any atom is -0.329 e. The fourth-order valence-corrected chi connectivity index (χ4v) is 2.65. The van der Waals surface area contributed by atoms with Crippen LogP contribution in [0.1, 0.15) is 17.0 Å². The van der Waals surface area contributed by atoms with Crippen molar-refractivity contribution in [2.75, 3.05) is 11.9 Å². The zero-order valence-electron chi connectivity index (χ0n) is 13.2. The van der Waals surface area contributed by atoms with E-state index in [0.717, 1.165) is 10.8 Å². The van der Waals surface area contributed by atoms with E-state index in [0.29, 0.717) is 16.8 Å². The fraction of sp³-hybridized carbons (Fsp3) is 0.158. The molecule has 3 aromatic rings. The first-order valence-corrected chi connectivity index (χ1v) is 7.61. The van der Waals surface area contributed by atoms with Crippen LogP contribution in [0.2, 0.25) is 0 Å². The third kappa shape index (κ3) is 3.41. The normalized spacial score (nSPS) is 12.1. The van der Waals surface area contributed by atoms with Crippen LogP contribution in [0, 0.1) is 18.8 Å². The molecule has 3 N–H and O–H groups in total. The lowest BCUT2D eigenvalue weighted by Gasteiger charge is -2.16. The maximum absolute atomic E-state index is 13.6. The number of hydrogen-bond acceptors (Lipinski definition) is 3. The second-order valence-corrected chi connectivity index (χ2v) is 5.65. The van der Waals surface area contributed by atoms with Gasteiger partial charge in [0.2, 0.25) is 5.91 Å². The van der Waals surface area contributed by atoms with Crippen LogP contribution < -0.4 is 11.1 Å². The highest BCUT2D eigenvalue weighted by Crippen LogP contribution is 2.22. The van der Waals surface area contributed by atoms with Crippen LogP contribution in [-0.4, -0.2) is 17.4 Å². The summed E-state index contributed by atoms with van der Waals surface area (Å²) in [7, 11) is 0. The van der Waals surface area contributed by atoms with E-state index in [2.05, 4.69) is 16.4 Å². The summed E-state index contributed by atoms with van der Waals surface area (Å²) in [6.45, 7) is 1.80. The first-order chi connectivity index (χ1) is 11.6. The summed E-state index contributed by atoms with van der Waals surface area (Å²) in [5.74, 6) is -1.34. The third-order valence-corrected chi connectivity index (χ3v) is 3.83. The van der Waals surface area contributed by atoms with E-state index in [1.165, 1.54) is 12.1 Å². The van der Waals surface area contributed by atoms with Gasteiger partial charge in [-0.15, -0.1) is 0 Å². The Morgan fingerprint density at radius 1 is 1.29 bits per heavy atom. The number of hydrogen-bond donors (Lipinski definition) is 2. The molecule has 1 atom stereocenters. The molecule has 0 fully saturated rings. The molecule has 24 heavy (non-hydrogen) atoms. The van der Waals surface area contributed by atoms with Gasteiger partial charge in [-0.2, -0.15) is 0 Å². The molecule has 1 aromatic heterocycles. The average molecular weight is 322 g/mol. The summed E-state index contributed by atoms with van der Waals surface area (Å²) >= 11 is 0. The number of nitrogens with two attached hydrogens (primary N) is 1. The molecule has 0 saturated carbocycles. The van der Waals surface area contributed by atoms with Crippen molar-refractivity contribution in [2.45, 2.75) is 12.8 Å². The molecule has 0 saturated heterocycles. The molecule has 1 radical (unpaired) electrons. The van der Waals surface area contributed by atoms with Crippen LogP contribution in [-0.2, 0) is 4.79 Å². The molecule has 1 unspecified atom stereocenters. The molecular weight excluding hydrogens is 305 g/mol. The quantitative estimate of drug-likeness (QED) is 0.775. The van der Waals surface area contributed by atoms with Gasteiger partial charge < -0.3 is 11.1 Å². The highest BCUT2D eigenvalue weighted by molar-refractivity contribution is 5.98. The van der Waals surface area contributed by atoms with Gasteiger partial charge in [-0.3, -0.25) is 9.78 Å². The molecule has 1 amide bonds. The van der Waals surface area contributed by atoms with Gasteiger partial charge in [0.25, 0.3) is 0 Å². The topological polar surface area (TPSA) is 68.0 Å². The Kier molecular flexibility index (Phi) is 4.53. The predicted molar refractivity (Wildman–Crippen MR) is 92.1 cm³/mol. The second kappa shape index (κ2) is 6.76. The zero-order chi connectivity index (χ0) is 17.1. The number of nitrogens with zero attached hydrogens (tertiary/aromatic N) is 1. The van der Waals surface area contributed by atoms with Crippen molar-refractivity contribution in [1.29, 1.82) is 0 Å². The maximum atomic E-state index is 13.6. The minimum atomic E-state index is -0.660. The van der Waals surface area contributed by atoms with Gasteiger partial charge in [0.05, 0.1) is 5.92 Å². The molecule has 1 heterocycles.